The fourth-order valence-electron chi connectivity index (χ4n) is 1.95. The Hall–Kier alpha value is -1.61. The SMILES string of the molecule is BrCc1ccc2c(-c3ccoc3)ccnc2c1. The molecule has 2 aromatic heterocycles. The first-order valence-electron chi connectivity index (χ1n) is 5.34. The minimum absolute atomic E-state index is 0.848. The zero-order valence-corrected chi connectivity index (χ0v) is 10.6. The minimum Gasteiger partial charge on any atom is -0.472 e. The number of hydrogen-bond donors (Lipinski definition) is 0. The number of aromatic nitrogens is 1. The van der Waals surface area contributed by atoms with Gasteiger partial charge in [0.15, 0.2) is 0 Å². The highest BCUT2D eigenvalue weighted by Crippen LogP contribution is 2.28. The van der Waals surface area contributed by atoms with E-state index in [1.165, 1.54) is 5.56 Å². The molecule has 84 valence electrons. The lowest BCUT2D eigenvalue weighted by molar-refractivity contribution is 0.568. The molecule has 0 saturated carbocycles. The van der Waals surface area contributed by atoms with E-state index in [1.54, 1.807) is 12.5 Å². The van der Waals surface area contributed by atoms with Crippen molar-refractivity contribution in [1.29, 1.82) is 0 Å². The minimum atomic E-state index is 0.848. The van der Waals surface area contributed by atoms with Crippen molar-refractivity contribution in [2.45, 2.75) is 5.33 Å². The lowest BCUT2D eigenvalue weighted by Gasteiger charge is -2.05. The molecule has 1 aromatic carbocycles. The molecule has 2 nitrogen and oxygen atoms in total. The van der Waals surface area contributed by atoms with E-state index in [2.05, 4.69) is 39.1 Å². The van der Waals surface area contributed by atoms with Crippen LogP contribution >= 0.6 is 15.9 Å². The Balaban J connectivity index is 2.27. The molecule has 0 aliphatic heterocycles. The van der Waals surface area contributed by atoms with E-state index in [0.29, 0.717) is 0 Å². The first-order chi connectivity index (χ1) is 8.38. The zero-order chi connectivity index (χ0) is 11.7. The molecule has 0 N–H and O–H groups in total. The van der Waals surface area contributed by atoms with E-state index in [1.807, 2.05) is 18.3 Å². The molecule has 0 aliphatic rings. The highest BCUT2D eigenvalue weighted by molar-refractivity contribution is 9.08. The maximum Gasteiger partial charge on any atom is 0.0981 e. The molecule has 0 aliphatic carbocycles. The molecule has 0 amide bonds. The van der Waals surface area contributed by atoms with Gasteiger partial charge in [-0.05, 0) is 29.3 Å². The summed E-state index contributed by atoms with van der Waals surface area (Å²) in [6.07, 6.45) is 5.28. The standard InChI is InChI=1S/C14H10BrNO/c15-8-10-1-2-13-12(11-4-6-17-9-11)3-5-16-14(13)7-10/h1-7,9H,8H2. The van der Waals surface area contributed by atoms with Crippen LogP contribution in [0.4, 0.5) is 0 Å². The van der Waals surface area contributed by atoms with Crippen molar-refractivity contribution in [3.05, 3.63) is 54.6 Å². The smallest absolute Gasteiger partial charge is 0.0981 e. The summed E-state index contributed by atoms with van der Waals surface area (Å²) in [5.74, 6) is 0. The van der Waals surface area contributed by atoms with Gasteiger partial charge in [0.2, 0.25) is 0 Å². The summed E-state index contributed by atoms with van der Waals surface area (Å²) < 4.78 is 5.13. The Bertz CT molecular complexity index is 646. The maximum atomic E-state index is 5.13. The number of fused-ring (bicyclic) bond motifs is 1. The third kappa shape index (κ3) is 1.87. The summed E-state index contributed by atoms with van der Waals surface area (Å²) in [4.78, 5) is 4.41. The van der Waals surface area contributed by atoms with Gasteiger partial charge in [-0.1, -0.05) is 28.1 Å². The molecule has 0 radical (unpaired) electrons. The van der Waals surface area contributed by atoms with Gasteiger partial charge in [0.05, 0.1) is 18.0 Å². The van der Waals surface area contributed by atoms with Crippen molar-refractivity contribution in [2.75, 3.05) is 0 Å². The second kappa shape index (κ2) is 4.34. The highest BCUT2D eigenvalue weighted by atomic mass is 79.9. The number of nitrogens with zero attached hydrogens (tertiary/aromatic N) is 1. The molecule has 3 aromatic rings. The van der Waals surface area contributed by atoms with Crippen molar-refractivity contribution in [3.63, 3.8) is 0 Å². The summed E-state index contributed by atoms with van der Waals surface area (Å²) in [6.45, 7) is 0. The number of hydrogen-bond acceptors (Lipinski definition) is 2. The van der Waals surface area contributed by atoms with Crippen molar-refractivity contribution >= 4 is 26.8 Å². The molecule has 2 heterocycles. The summed E-state index contributed by atoms with van der Waals surface area (Å²) in [5, 5.41) is 2.00. The summed E-state index contributed by atoms with van der Waals surface area (Å²) in [5.41, 5.74) is 4.49. The van der Waals surface area contributed by atoms with Crippen LogP contribution in [0.1, 0.15) is 5.56 Å². The van der Waals surface area contributed by atoms with Crippen LogP contribution in [0.5, 0.6) is 0 Å². The Labute approximate surface area is 107 Å². The molecule has 0 fully saturated rings. The van der Waals surface area contributed by atoms with Gasteiger partial charge in [-0.2, -0.15) is 0 Å². The molecule has 3 rings (SSSR count). The number of rotatable bonds is 2. The van der Waals surface area contributed by atoms with Crippen molar-refractivity contribution in [2.24, 2.45) is 0 Å². The van der Waals surface area contributed by atoms with Crippen LogP contribution in [0.15, 0.2) is 53.5 Å². The van der Waals surface area contributed by atoms with Crippen LogP contribution in [0.3, 0.4) is 0 Å². The fourth-order valence-corrected chi connectivity index (χ4v) is 2.30. The van der Waals surface area contributed by atoms with Gasteiger partial charge in [-0.3, -0.25) is 4.98 Å². The van der Waals surface area contributed by atoms with Crippen LogP contribution in [-0.4, -0.2) is 4.98 Å². The van der Waals surface area contributed by atoms with Gasteiger partial charge in [-0.25, -0.2) is 0 Å². The predicted molar refractivity (Wildman–Crippen MR) is 72.1 cm³/mol. The van der Waals surface area contributed by atoms with Crippen molar-refractivity contribution in [1.82, 2.24) is 4.98 Å². The first kappa shape index (κ1) is 10.5. The van der Waals surface area contributed by atoms with E-state index in [9.17, 15) is 0 Å². The Kier molecular flexibility index (Phi) is 2.69. The lowest BCUT2D eigenvalue weighted by Crippen LogP contribution is -1.85. The number of halogens is 1. The molecular formula is C14H10BrNO. The number of benzene rings is 1. The number of alkyl halides is 1. The Morgan fingerprint density at radius 3 is 2.88 bits per heavy atom. The lowest BCUT2D eigenvalue weighted by atomic mass is 10.0. The van der Waals surface area contributed by atoms with E-state index in [-0.39, 0.29) is 0 Å². The average Bonchev–Trinajstić information content (AvgIpc) is 2.91. The highest BCUT2D eigenvalue weighted by Gasteiger charge is 2.05. The third-order valence-electron chi connectivity index (χ3n) is 2.79. The normalized spacial score (nSPS) is 10.9. The zero-order valence-electron chi connectivity index (χ0n) is 9.06. The molecular weight excluding hydrogens is 278 g/mol. The van der Waals surface area contributed by atoms with Crippen LogP contribution in [-0.2, 0) is 5.33 Å². The molecule has 0 atom stereocenters. The van der Waals surface area contributed by atoms with E-state index >= 15 is 0 Å². The van der Waals surface area contributed by atoms with E-state index in [4.69, 9.17) is 4.42 Å². The van der Waals surface area contributed by atoms with Crippen LogP contribution in [0.25, 0.3) is 22.0 Å². The maximum absolute atomic E-state index is 5.13. The van der Waals surface area contributed by atoms with Crippen molar-refractivity contribution in [3.8, 4) is 11.1 Å². The number of pyridine rings is 1. The summed E-state index contributed by atoms with van der Waals surface area (Å²) >= 11 is 3.46. The van der Waals surface area contributed by atoms with Crippen molar-refractivity contribution < 1.29 is 4.42 Å². The molecule has 17 heavy (non-hydrogen) atoms. The Morgan fingerprint density at radius 1 is 1.18 bits per heavy atom. The van der Waals surface area contributed by atoms with Gasteiger partial charge >= 0.3 is 0 Å². The average molecular weight is 288 g/mol. The monoisotopic (exact) mass is 287 g/mol. The second-order valence-electron chi connectivity index (χ2n) is 3.86. The molecule has 0 spiro atoms. The Morgan fingerprint density at radius 2 is 2.12 bits per heavy atom. The predicted octanol–water partition coefficient (Wildman–Crippen LogP) is 4.39. The first-order valence-corrected chi connectivity index (χ1v) is 6.47. The van der Waals surface area contributed by atoms with Gasteiger partial charge in [0.25, 0.3) is 0 Å². The van der Waals surface area contributed by atoms with Crippen LogP contribution in [0, 0.1) is 0 Å². The quantitative estimate of drug-likeness (QED) is 0.654. The van der Waals surface area contributed by atoms with Gasteiger partial charge < -0.3 is 4.42 Å². The molecule has 0 bridgehead atoms. The second-order valence-corrected chi connectivity index (χ2v) is 4.42. The van der Waals surface area contributed by atoms with Crippen LogP contribution in [0.2, 0.25) is 0 Å². The van der Waals surface area contributed by atoms with Crippen LogP contribution < -0.4 is 0 Å². The van der Waals surface area contributed by atoms with Gasteiger partial charge in [-0.15, -0.1) is 0 Å². The third-order valence-corrected chi connectivity index (χ3v) is 3.44. The largest absolute Gasteiger partial charge is 0.472 e. The number of furan rings is 1. The summed E-state index contributed by atoms with van der Waals surface area (Å²) in [7, 11) is 0. The molecule has 3 heteroatoms. The van der Waals surface area contributed by atoms with Gasteiger partial charge in [0.1, 0.15) is 0 Å². The van der Waals surface area contributed by atoms with E-state index < -0.39 is 0 Å². The molecule has 0 saturated heterocycles. The molecule has 0 unspecified atom stereocenters. The van der Waals surface area contributed by atoms with E-state index in [0.717, 1.165) is 27.4 Å². The summed E-state index contributed by atoms with van der Waals surface area (Å²) in [6, 6.07) is 10.3. The topological polar surface area (TPSA) is 26.0 Å². The van der Waals surface area contributed by atoms with Gasteiger partial charge in [0, 0.05) is 22.5 Å². The fraction of sp³-hybridized carbons (Fsp3) is 0.0714.